The smallest absolute Gasteiger partial charge is 0.243 e. The van der Waals surface area contributed by atoms with E-state index < -0.39 is 10.0 Å². The summed E-state index contributed by atoms with van der Waals surface area (Å²) >= 11 is 11.5. The maximum absolute atomic E-state index is 11.7. The number of halogens is 2. The molecule has 4 nitrogen and oxygen atoms in total. The number of nitrogens with one attached hydrogen (secondary N) is 1. The molecule has 86 valence electrons. The largest absolute Gasteiger partial charge is 0.396 e. The Kier molecular flexibility index (Phi) is 4.05. The minimum absolute atomic E-state index is 0.0203. The van der Waals surface area contributed by atoms with Crippen LogP contribution in [0.4, 0.5) is 5.69 Å². The first kappa shape index (κ1) is 13.1. The van der Waals surface area contributed by atoms with E-state index in [1.165, 1.54) is 12.1 Å². The number of rotatable bonds is 3. The number of nitrogen functional groups attached to an aromatic ring is 1. The van der Waals surface area contributed by atoms with E-state index in [9.17, 15) is 8.42 Å². The highest BCUT2D eigenvalue weighted by Crippen LogP contribution is 2.32. The monoisotopic (exact) mass is 278 g/mol. The molecule has 0 fully saturated rings. The molecule has 16 heavy (non-hydrogen) atoms. The van der Waals surface area contributed by atoms with Gasteiger partial charge in [0, 0.05) is 0 Å². The van der Waals surface area contributed by atoms with Crippen LogP contribution >= 0.6 is 23.2 Å². The fourth-order valence-corrected chi connectivity index (χ4v) is 2.67. The van der Waals surface area contributed by atoms with Crippen LogP contribution in [-0.2, 0) is 10.0 Å². The molecule has 7 heteroatoms. The van der Waals surface area contributed by atoms with Gasteiger partial charge in [0.15, 0.2) is 0 Å². The Morgan fingerprint density at radius 3 is 2.62 bits per heavy atom. The van der Waals surface area contributed by atoms with Gasteiger partial charge in [-0.3, -0.25) is 0 Å². The third-order valence-electron chi connectivity index (χ3n) is 1.74. The summed E-state index contributed by atoms with van der Waals surface area (Å²) in [7, 11) is -3.76. The maximum Gasteiger partial charge on any atom is 0.243 e. The second-order valence-corrected chi connectivity index (χ2v) is 5.32. The lowest BCUT2D eigenvalue weighted by Gasteiger charge is -2.08. The first-order chi connectivity index (χ1) is 7.40. The standard InChI is InChI=1S/C9H8Cl2N2O2S/c1-2-5-13-16(14,15)7-4-3-6(10)9(12)8(7)11/h1,3-4,13H,5,12H2. The van der Waals surface area contributed by atoms with Gasteiger partial charge in [-0.2, -0.15) is 4.72 Å². The second kappa shape index (κ2) is 4.93. The molecule has 0 aliphatic rings. The lowest BCUT2D eigenvalue weighted by molar-refractivity contribution is 0.586. The van der Waals surface area contributed by atoms with Crippen LogP contribution in [0, 0.1) is 12.3 Å². The number of hydrogen-bond acceptors (Lipinski definition) is 3. The molecule has 0 amide bonds. The molecule has 0 bridgehead atoms. The van der Waals surface area contributed by atoms with Crippen LogP contribution in [0.1, 0.15) is 0 Å². The van der Waals surface area contributed by atoms with Crippen molar-refractivity contribution in [2.24, 2.45) is 0 Å². The summed E-state index contributed by atoms with van der Waals surface area (Å²) in [5.41, 5.74) is 5.53. The maximum atomic E-state index is 11.7. The molecule has 0 heterocycles. The van der Waals surface area contributed by atoms with Gasteiger partial charge in [-0.15, -0.1) is 6.42 Å². The van der Waals surface area contributed by atoms with Crippen LogP contribution in [0.15, 0.2) is 17.0 Å². The van der Waals surface area contributed by atoms with Crippen molar-refractivity contribution in [3.63, 3.8) is 0 Å². The SMILES string of the molecule is C#CCNS(=O)(=O)c1ccc(Cl)c(N)c1Cl. The van der Waals surface area contributed by atoms with Gasteiger partial charge in [-0.1, -0.05) is 29.1 Å². The zero-order valence-corrected chi connectivity index (χ0v) is 10.3. The summed E-state index contributed by atoms with van der Waals surface area (Å²) in [4.78, 5) is -0.147. The number of hydrogen-bond donors (Lipinski definition) is 2. The Morgan fingerprint density at radius 1 is 1.44 bits per heavy atom. The lowest BCUT2D eigenvalue weighted by Crippen LogP contribution is -2.24. The van der Waals surface area contributed by atoms with Crippen molar-refractivity contribution in [1.29, 1.82) is 0 Å². The average Bonchev–Trinajstić information content (AvgIpc) is 2.23. The summed E-state index contributed by atoms with van der Waals surface area (Å²) < 4.78 is 25.5. The topological polar surface area (TPSA) is 72.2 Å². The normalized spacial score (nSPS) is 11.1. The Labute approximate surface area is 104 Å². The molecule has 1 aromatic carbocycles. The first-order valence-corrected chi connectivity index (χ1v) is 6.30. The highest BCUT2D eigenvalue weighted by molar-refractivity contribution is 7.89. The van der Waals surface area contributed by atoms with Gasteiger partial charge >= 0.3 is 0 Å². The predicted octanol–water partition coefficient (Wildman–Crippen LogP) is 1.49. The van der Waals surface area contributed by atoms with Crippen molar-refractivity contribution in [2.75, 3.05) is 12.3 Å². The van der Waals surface area contributed by atoms with E-state index >= 15 is 0 Å². The Bertz CT molecular complexity index is 549. The molecule has 0 unspecified atom stereocenters. The zero-order valence-electron chi connectivity index (χ0n) is 8.00. The molecule has 0 atom stereocenters. The van der Waals surface area contributed by atoms with Crippen molar-refractivity contribution in [2.45, 2.75) is 4.90 Å². The van der Waals surface area contributed by atoms with Crippen LogP contribution in [0.2, 0.25) is 10.0 Å². The molecular weight excluding hydrogens is 271 g/mol. The van der Waals surface area contributed by atoms with Crippen LogP contribution in [0.25, 0.3) is 0 Å². The third kappa shape index (κ3) is 2.60. The van der Waals surface area contributed by atoms with E-state index in [0.29, 0.717) is 0 Å². The van der Waals surface area contributed by atoms with Crippen molar-refractivity contribution in [1.82, 2.24) is 4.72 Å². The van der Waals surface area contributed by atoms with Crippen LogP contribution in [-0.4, -0.2) is 15.0 Å². The van der Waals surface area contributed by atoms with Gasteiger partial charge < -0.3 is 5.73 Å². The molecule has 1 aromatic rings. The fraction of sp³-hybridized carbons (Fsp3) is 0.111. The second-order valence-electron chi connectivity index (χ2n) is 2.80. The first-order valence-electron chi connectivity index (χ1n) is 4.06. The van der Waals surface area contributed by atoms with Gasteiger partial charge in [0.05, 0.1) is 22.3 Å². The van der Waals surface area contributed by atoms with E-state index in [2.05, 4.69) is 10.6 Å². The van der Waals surface area contributed by atoms with E-state index in [0.717, 1.165) is 0 Å². The number of benzene rings is 1. The van der Waals surface area contributed by atoms with Crippen LogP contribution in [0.3, 0.4) is 0 Å². The van der Waals surface area contributed by atoms with E-state index in [-0.39, 0.29) is 27.2 Å². The number of nitrogens with two attached hydrogens (primary N) is 1. The molecule has 0 saturated heterocycles. The molecular formula is C9H8Cl2N2O2S. The molecule has 1 rings (SSSR count). The lowest BCUT2D eigenvalue weighted by atomic mass is 10.3. The molecule has 0 radical (unpaired) electrons. The summed E-state index contributed by atoms with van der Waals surface area (Å²) in [5.74, 6) is 2.15. The highest BCUT2D eigenvalue weighted by Gasteiger charge is 2.19. The Balaban J connectivity index is 3.26. The van der Waals surface area contributed by atoms with E-state index in [1.807, 2.05) is 0 Å². The third-order valence-corrected chi connectivity index (χ3v) is 4.04. The minimum atomic E-state index is -3.76. The van der Waals surface area contributed by atoms with Gasteiger partial charge in [-0.25, -0.2) is 8.42 Å². The van der Waals surface area contributed by atoms with Crippen LogP contribution in [0.5, 0.6) is 0 Å². The summed E-state index contributed by atoms with van der Waals surface area (Å²) in [6.07, 6.45) is 4.95. The number of terminal acetylenes is 1. The number of anilines is 1. The summed E-state index contributed by atoms with van der Waals surface area (Å²) in [5, 5.41) is 0.0814. The average molecular weight is 279 g/mol. The molecule has 0 aliphatic heterocycles. The molecule has 0 spiro atoms. The van der Waals surface area contributed by atoms with Gasteiger partial charge in [-0.05, 0) is 12.1 Å². The molecule has 3 N–H and O–H groups in total. The van der Waals surface area contributed by atoms with E-state index in [4.69, 9.17) is 35.4 Å². The Morgan fingerprint density at radius 2 is 2.06 bits per heavy atom. The molecule has 0 aliphatic carbocycles. The molecule has 0 saturated carbocycles. The van der Waals surface area contributed by atoms with Crippen molar-refractivity contribution < 1.29 is 8.42 Å². The number of sulfonamides is 1. The van der Waals surface area contributed by atoms with Crippen molar-refractivity contribution in [3.8, 4) is 12.3 Å². The van der Waals surface area contributed by atoms with Gasteiger partial charge in [0.1, 0.15) is 4.90 Å². The van der Waals surface area contributed by atoms with Crippen LogP contribution < -0.4 is 10.5 Å². The minimum Gasteiger partial charge on any atom is -0.396 e. The predicted molar refractivity (Wildman–Crippen MR) is 64.9 cm³/mol. The fourth-order valence-electron chi connectivity index (χ4n) is 0.971. The van der Waals surface area contributed by atoms with Crippen molar-refractivity contribution >= 4 is 38.9 Å². The van der Waals surface area contributed by atoms with Gasteiger partial charge in [0.25, 0.3) is 0 Å². The highest BCUT2D eigenvalue weighted by atomic mass is 35.5. The quantitative estimate of drug-likeness (QED) is 0.650. The Hall–Kier alpha value is -0.930. The van der Waals surface area contributed by atoms with E-state index in [1.54, 1.807) is 0 Å². The summed E-state index contributed by atoms with van der Waals surface area (Å²) in [6, 6.07) is 2.62. The zero-order chi connectivity index (χ0) is 12.3. The van der Waals surface area contributed by atoms with Gasteiger partial charge in [0.2, 0.25) is 10.0 Å². The van der Waals surface area contributed by atoms with Crippen molar-refractivity contribution in [3.05, 3.63) is 22.2 Å². The summed E-state index contributed by atoms with van der Waals surface area (Å²) in [6.45, 7) is -0.124. The molecule has 0 aromatic heterocycles.